The van der Waals surface area contributed by atoms with Gasteiger partial charge in [0.1, 0.15) is 0 Å². The van der Waals surface area contributed by atoms with E-state index < -0.39 is 0 Å². The molecule has 3 heteroatoms. The van der Waals surface area contributed by atoms with Crippen LogP contribution < -0.4 is 5.32 Å². The van der Waals surface area contributed by atoms with Gasteiger partial charge in [0.25, 0.3) is 0 Å². The van der Waals surface area contributed by atoms with Crippen LogP contribution in [0, 0.1) is 0 Å². The van der Waals surface area contributed by atoms with Crippen LogP contribution in [0.3, 0.4) is 0 Å². The minimum absolute atomic E-state index is 0.757. The van der Waals surface area contributed by atoms with Crippen LogP contribution in [-0.4, -0.2) is 49.1 Å². The molecule has 2 nitrogen and oxygen atoms in total. The van der Waals surface area contributed by atoms with Gasteiger partial charge in [-0.1, -0.05) is 6.92 Å². The summed E-state index contributed by atoms with van der Waals surface area (Å²) in [4.78, 5) is 2.56. The molecular weight excluding hydrogens is 204 g/mol. The molecule has 1 aliphatic rings. The number of thioether (sulfide) groups is 1. The van der Waals surface area contributed by atoms with Gasteiger partial charge in [-0.25, -0.2) is 0 Å². The molecule has 15 heavy (non-hydrogen) atoms. The van der Waals surface area contributed by atoms with E-state index in [0.29, 0.717) is 0 Å². The minimum atomic E-state index is 0.757. The predicted molar refractivity (Wildman–Crippen MR) is 70.8 cm³/mol. The number of likely N-dealkylation sites (tertiary alicyclic amines) is 1. The smallest absolute Gasteiger partial charge is 0.0195 e. The Morgan fingerprint density at radius 2 is 2.27 bits per heavy atom. The van der Waals surface area contributed by atoms with Gasteiger partial charge in [-0.15, -0.1) is 0 Å². The van der Waals surface area contributed by atoms with Crippen LogP contribution in [0.4, 0.5) is 0 Å². The third-order valence-electron chi connectivity index (χ3n) is 3.16. The Bertz CT molecular complexity index is 153. The number of hydrogen-bond donors (Lipinski definition) is 1. The number of hydrogen-bond acceptors (Lipinski definition) is 3. The highest BCUT2D eigenvalue weighted by Crippen LogP contribution is 2.09. The molecule has 0 radical (unpaired) electrons. The Morgan fingerprint density at radius 1 is 1.40 bits per heavy atom. The maximum absolute atomic E-state index is 3.69. The first-order valence-corrected chi connectivity index (χ1v) is 7.71. The SMILES string of the molecule is CCN1CCCC(NCCCCSC)C1. The average molecular weight is 230 g/mol. The molecule has 0 saturated carbocycles. The van der Waals surface area contributed by atoms with E-state index in [9.17, 15) is 0 Å². The zero-order valence-electron chi connectivity index (χ0n) is 10.3. The Hall–Kier alpha value is 0.270. The first kappa shape index (κ1) is 13.3. The summed E-state index contributed by atoms with van der Waals surface area (Å²) in [6.45, 7) is 7.26. The second-order valence-electron chi connectivity index (χ2n) is 4.39. The van der Waals surface area contributed by atoms with Crippen LogP contribution >= 0.6 is 11.8 Å². The van der Waals surface area contributed by atoms with Gasteiger partial charge >= 0.3 is 0 Å². The summed E-state index contributed by atoms with van der Waals surface area (Å²) in [5.41, 5.74) is 0. The van der Waals surface area contributed by atoms with Crippen molar-refractivity contribution in [2.75, 3.05) is 38.2 Å². The second kappa shape index (κ2) is 8.43. The van der Waals surface area contributed by atoms with Crippen LogP contribution in [0.5, 0.6) is 0 Å². The van der Waals surface area contributed by atoms with Crippen molar-refractivity contribution < 1.29 is 0 Å². The van der Waals surface area contributed by atoms with Crippen molar-refractivity contribution in [1.82, 2.24) is 10.2 Å². The number of rotatable bonds is 7. The molecule has 1 rings (SSSR count). The van der Waals surface area contributed by atoms with Crippen molar-refractivity contribution in [3.8, 4) is 0 Å². The molecule has 1 aliphatic heterocycles. The summed E-state index contributed by atoms with van der Waals surface area (Å²) in [5, 5.41) is 3.69. The lowest BCUT2D eigenvalue weighted by atomic mass is 10.1. The summed E-state index contributed by atoms with van der Waals surface area (Å²) in [6, 6.07) is 0.757. The quantitative estimate of drug-likeness (QED) is 0.675. The van der Waals surface area contributed by atoms with Gasteiger partial charge in [0.15, 0.2) is 0 Å². The Labute approximate surface area is 99.2 Å². The van der Waals surface area contributed by atoms with Crippen molar-refractivity contribution in [3.63, 3.8) is 0 Å². The largest absolute Gasteiger partial charge is 0.313 e. The molecule has 1 heterocycles. The van der Waals surface area contributed by atoms with Crippen molar-refractivity contribution in [2.45, 2.75) is 38.6 Å². The van der Waals surface area contributed by atoms with Crippen LogP contribution in [0.25, 0.3) is 0 Å². The molecule has 0 aromatic carbocycles. The molecule has 1 unspecified atom stereocenters. The van der Waals surface area contributed by atoms with E-state index >= 15 is 0 Å². The number of unbranched alkanes of at least 4 members (excludes halogenated alkanes) is 1. The third-order valence-corrected chi connectivity index (χ3v) is 3.86. The fourth-order valence-corrected chi connectivity index (χ4v) is 2.68. The maximum atomic E-state index is 3.69. The van der Waals surface area contributed by atoms with E-state index in [0.717, 1.165) is 6.04 Å². The zero-order chi connectivity index (χ0) is 10.9. The molecular formula is C12H26N2S. The zero-order valence-corrected chi connectivity index (χ0v) is 11.1. The van der Waals surface area contributed by atoms with E-state index in [-0.39, 0.29) is 0 Å². The Morgan fingerprint density at radius 3 is 3.00 bits per heavy atom. The van der Waals surface area contributed by atoms with Crippen LogP contribution in [0.15, 0.2) is 0 Å². The molecule has 0 aromatic rings. The summed E-state index contributed by atoms with van der Waals surface area (Å²) >= 11 is 1.96. The molecule has 0 aliphatic carbocycles. The van der Waals surface area contributed by atoms with Gasteiger partial charge in [-0.3, -0.25) is 0 Å². The number of nitrogens with zero attached hydrogens (tertiary/aromatic N) is 1. The third kappa shape index (κ3) is 5.79. The lowest BCUT2D eigenvalue weighted by Gasteiger charge is -2.32. The van der Waals surface area contributed by atoms with Crippen LogP contribution in [0.2, 0.25) is 0 Å². The van der Waals surface area contributed by atoms with Gasteiger partial charge in [0, 0.05) is 12.6 Å². The highest BCUT2D eigenvalue weighted by Gasteiger charge is 2.17. The van der Waals surface area contributed by atoms with Crippen molar-refractivity contribution >= 4 is 11.8 Å². The van der Waals surface area contributed by atoms with Crippen LogP contribution in [-0.2, 0) is 0 Å². The monoisotopic (exact) mass is 230 g/mol. The van der Waals surface area contributed by atoms with Crippen molar-refractivity contribution in [3.05, 3.63) is 0 Å². The lowest BCUT2D eigenvalue weighted by molar-refractivity contribution is 0.199. The molecule has 0 spiro atoms. The van der Waals surface area contributed by atoms with E-state index in [4.69, 9.17) is 0 Å². The molecule has 1 fully saturated rings. The van der Waals surface area contributed by atoms with E-state index in [1.807, 2.05) is 11.8 Å². The normalized spacial score (nSPS) is 23.2. The molecule has 1 N–H and O–H groups in total. The van der Waals surface area contributed by atoms with E-state index in [2.05, 4.69) is 23.4 Å². The van der Waals surface area contributed by atoms with Crippen molar-refractivity contribution in [1.29, 1.82) is 0 Å². The molecule has 0 bridgehead atoms. The summed E-state index contributed by atoms with van der Waals surface area (Å²) < 4.78 is 0. The molecule has 0 aromatic heterocycles. The summed E-state index contributed by atoms with van der Waals surface area (Å²) in [6.07, 6.45) is 7.63. The molecule has 90 valence electrons. The lowest BCUT2D eigenvalue weighted by Crippen LogP contribution is -2.45. The molecule has 1 saturated heterocycles. The van der Waals surface area contributed by atoms with Gasteiger partial charge < -0.3 is 10.2 Å². The van der Waals surface area contributed by atoms with Gasteiger partial charge in [0.05, 0.1) is 0 Å². The fraction of sp³-hybridized carbons (Fsp3) is 1.00. The summed E-state index contributed by atoms with van der Waals surface area (Å²) in [5.74, 6) is 1.31. The van der Waals surface area contributed by atoms with E-state index in [1.165, 1.54) is 57.6 Å². The first-order valence-electron chi connectivity index (χ1n) is 6.31. The number of likely N-dealkylation sites (N-methyl/N-ethyl adjacent to an activating group) is 1. The second-order valence-corrected chi connectivity index (χ2v) is 5.37. The maximum Gasteiger partial charge on any atom is 0.0195 e. The standard InChI is InChI=1S/C12H26N2S/c1-3-14-9-6-7-12(11-14)13-8-4-5-10-15-2/h12-13H,3-11H2,1-2H3. The van der Waals surface area contributed by atoms with Crippen molar-refractivity contribution in [2.24, 2.45) is 0 Å². The predicted octanol–water partition coefficient (Wildman–Crippen LogP) is 2.20. The highest BCUT2D eigenvalue weighted by atomic mass is 32.2. The average Bonchev–Trinajstić information content (AvgIpc) is 2.29. The molecule has 1 atom stereocenters. The number of nitrogens with one attached hydrogen (secondary N) is 1. The summed E-state index contributed by atoms with van der Waals surface area (Å²) in [7, 11) is 0. The fourth-order valence-electron chi connectivity index (χ4n) is 2.19. The first-order chi connectivity index (χ1) is 7.36. The van der Waals surface area contributed by atoms with Crippen LogP contribution in [0.1, 0.15) is 32.6 Å². The Kier molecular flexibility index (Phi) is 7.49. The van der Waals surface area contributed by atoms with Gasteiger partial charge in [-0.05, 0) is 57.3 Å². The topological polar surface area (TPSA) is 15.3 Å². The molecule has 0 amide bonds. The highest BCUT2D eigenvalue weighted by molar-refractivity contribution is 7.98. The Balaban J connectivity index is 2.00. The van der Waals surface area contributed by atoms with E-state index in [1.54, 1.807) is 0 Å². The van der Waals surface area contributed by atoms with Gasteiger partial charge in [-0.2, -0.15) is 11.8 Å². The number of piperidine rings is 1. The van der Waals surface area contributed by atoms with Gasteiger partial charge in [0.2, 0.25) is 0 Å². The minimum Gasteiger partial charge on any atom is -0.313 e.